The second kappa shape index (κ2) is 4.97. The molecule has 0 bridgehead atoms. The first-order valence-corrected chi connectivity index (χ1v) is 4.03. The Kier molecular flexibility index (Phi) is 5.04. The van der Waals surface area contributed by atoms with Crippen molar-refractivity contribution in [2.45, 2.75) is 5.03 Å². The number of hydrogen-bond donors (Lipinski definition) is 1. The number of hydrogen-bond acceptors (Lipinski definition) is 3. The van der Waals surface area contributed by atoms with Crippen LogP contribution in [0.2, 0.25) is 0 Å². The molecule has 0 saturated carbocycles. The third-order valence-corrected chi connectivity index (χ3v) is 1.72. The van der Waals surface area contributed by atoms with Gasteiger partial charge >= 0.3 is 0 Å². The molecule has 1 aromatic rings. The van der Waals surface area contributed by atoms with Gasteiger partial charge in [-0.15, -0.1) is 24.1 Å². The summed E-state index contributed by atoms with van der Waals surface area (Å²) in [6.45, 7) is 0. The molecule has 0 amide bonds. The van der Waals surface area contributed by atoms with Gasteiger partial charge in [-0.3, -0.25) is 0 Å². The SMILES string of the molecule is Cl.SSc1ccccn1. The lowest BCUT2D eigenvalue weighted by atomic mass is 10.5. The number of aromatic nitrogens is 1. The minimum atomic E-state index is 0. The molecule has 50 valence electrons. The van der Waals surface area contributed by atoms with Crippen LogP contribution in [0.1, 0.15) is 0 Å². The van der Waals surface area contributed by atoms with Crippen LogP contribution in [-0.2, 0) is 0 Å². The minimum absolute atomic E-state index is 0. The summed E-state index contributed by atoms with van der Waals surface area (Å²) < 4.78 is 0. The van der Waals surface area contributed by atoms with Crippen LogP contribution in [0, 0.1) is 0 Å². The zero-order valence-corrected chi connectivity index (χ0v) is 7.05. The van der Waals surface area contributed by atoms with Crippen molar-refractivity contribution in [3.05, 3.63) is 24.4 Å². The number of pyridine rings is 1. The van der Waals surface area contributed by atoms with Crippen molar-refractivity contribution < 1.29 is 0 Å². The average molecular weight is 180 g/mol. The minimum Gasteiger partial charge on any atom is -0.249 e. The van der Waals surface area contributed by atoms with E-state index in [4.69, 9.17) is 0 Å². The standard InChI is InChI=1S/C5H5NS2.ClH/c7-8-5-3-1-2-4-6-5;/h1-4,7H;1H. The summed E-state index contributed by atoms with van der Waals surface area (Å²) in [5.41, 5.74) is 0. The lowest BCUT2D eigenvalue weighted by Crippen LogP contribution is -1.69. The first-order valence-electron chi connectivity index (χ1n) is 2.16. The van der Waals surface area contributed by atoms with Crippen LogP contribution >= 0.6 is 34.9 Å². The van der Waals surface area contributed by atoms with Gasteiger partial charge in [-0.2, -0.15) is 0 Å². The molecular weight excluding hydrogens is 174 g/mol. The molecule has 9 heavy (non-hydrogen) atoms. The molecule has 1 rings (SSSR count). The molecule has 0 saturated heterocycles. The van der Waals surface area contributed by atoms with Gasteiger partial charge in [0.25, 0.3) is 0 Å². The van der Waals surface area contributed by atoms with Gasteiger partial charge in [0.15, 0.2) is 0 Å². The Morgan fingerprint density at radius 1 is 1.44 bits per heavy atom. The first kappa shape index (κ1) is 9.14. The molecule has 0 radical (unpaired) electrons. The van der Waals surface area contributed by atoms with Crippen molar-refractivity contribution in [2.24, 2.45) is 0 Å². The molecule has 0 N–H and O–H groups in total. The summed E-state index contributed by atoms with van der Waals surface area (Å²) in [6.07, 6.45) is 1.75. The molecule has 1 heterocycles. The predicted molar refractivity (Wildman–Crippen MR) is 46.3 cm³/mol. The molecule has 0 aliphatic heterocycles. The summed E-state index contributed by atoms with van der Waals surface area (Å²) in [4.78, 5) is 3.98. The third kappa shape index (κ3) is 2.98. The van der Waals surface area contributed by atoms with E-state index >= 15 is 0 Å². The highest BCUT2D eigenvalue weighted by molar-refractivity contribution is 8.68. The van der Waals surface area contributed by atoms with E-state index in [1.165, 1.54) is 10.8 Å². The number of nitrogens with zero attached hydrogens (tertiary/aromatic N) is 1. The van der Waals surface area contributed by atoms with E-state index in [0.717, 1.165) is 5.03 Å². The monoisotopic (exact) mass is 179 g/mol. The molecule has 0 aliphatic rings. The van der Waals surface area contributed by atoms with Crippen molar-refractivity contribution in [3.63, 3.8) is 0 Å². The van der Waals surface area contributed by atoms with Gasteiger partial charge < -0.3 is 0 Å². The van der Waals surface area contributed by atoms with Gasteiger partial charge in [-0.25, -0.2) is 4.98 Å². The molecule has 1 nitrogen and oxygen atoms in total. The average Bonchev–Trinajstić information content (AvgIpc) is 1.90. The fourth-order valence-electron chi connectivity index (χ4n) is 0.401. The summed E-state index contributed by atoms with van der Waals surface area (Å²) in [6, 6.07) is 5.73. The van der Waals surface area contributed by atoms with E-state index in [1.54, 1.807) is 6.20 Å². The van der Waals surface area contributed by atoms with E-state index in [0.29, 0.717) is 0 Å². The Morgan fingerprint density at radius 2 is 2.22 bits per heavy atom. The molecule has 0 aliphatic carbocycles. The Morgan fingerprint density at radius 3 is 2.56 bits per heavy atom. The van der Waals surface area contributed by atoms with Gasteiger partial charge in [0.2, 0.25) is 0 Å². The van der Waals surface area contributed by atoms with Crippen LogP contribution in [0.15, 0.2) is 29.4 Å². The fraction of sp³-hybridized carbons (Fsp3) is 0. The number of halogens is 1. The van der Waals surface area contributed by atoms with Gasteiger partial charge in [0.1, 0.15) is 5.03 Å². The zero-order valence-electron chi connectivity index (χ0n) is 4.52. The van der Waals surface area contributed by atoms with Gasteiger partial charge in [-0.05, 0) is 22.9 Å². The molecular formula is C5H6ClNS2. The molecule has 0 fully saturated rings. The highest BCUT2D eigenvalue weighted by atomic mass is 35.5. The van der Waals surface area contributed by atoms with E-state index in [1.807, 2.05) is 18.2 Å². The molecule has 1 aromatic heterocycles. The quantitative estimate of drug-likeness (QED) is 0.526. The van der Waals surface area contributed by atoms with Crippen LogP contribution in [0.3, 0.4) is 0 Å². The summed E-state index contributed by atoms with van der Waals surface area (Å²) in [5.74, 6) is 0. The maximum absolute atomic E-state index is 3.98. The maximum atomic E-state index is 3.98. The number of rotatable bonds is 1. The third-order valence-electron chi connectivity index (χ3n) is 0.731. The molecule has 0 spiro atoms. The summed E-state index contributed by atoms with van der Waals surface area (Å²) in [5, 5.41) is 0.941. The lowest BCUT2D eigenvalue weighted by molar-refractivity contribution is 1.14. The van der Waals surface area contributed by atoms with Crippen LogP contribution in [0.25, 0.3) is 0 Å². The fourth-order valence-corrected chi connectivity index (χ4v) is 0.973. The van der Waals surface area contributed by atoms with E-state index in [2.05, 4.69) is 16.6 Å². The van der Waals surface area contributed by atoms with E-state index < -0.39 is 0 Å². The van der Waals surface area contributed by atoms with Crippen LogP contribution in [-0.4, -0.2) is 4.98 Å². The molecule has 4 heteroatoms. The molecule has 0 aromatic carbocycles. The van der Waals surface area contributed by atoms with Crippen LogP contribution in [0.5, 0.6) is 0 Å². The second-order valence-electron chi connectivity index (χ2n) is 1.26. The predicted octanol–water partition coefficient (Wildman–Crippen LogP) is 2.44. The van der Waals surface area contributed by atoms with E-state index in [-0.39, 0.29) is 12.4 Å². The highest BCUT2D eigenvalue weighted by Crippen LogP contribution is 2.16. The smallest absolute Gasteiger partial charge is 0.106 e. The van der Waals surface area contributed by atoms with Gasteiger partial charge in [-0.1, -0.05) is 6.07 Å². The highest BCUT2D eigenvalue weighted by Gasteiger charge is 1.83. The van der Waals surface area contributed by atoms with Crippen molar-refractivity contribution in [3.8, 4) is 0 Å². The van der Waals surface area contributed by atoms with Crippen molar-refractivity contribution >= 4 is 34.9 Å². The second-order valence-corrected chi connectivity index (χ2v) is 2.41. The van der Waals surface area contributed by atoms with E-state index in [9.17, 15) is 0 Å². The zero-order chi connectivity index (χ0) is 5.82. The van der Waals surface area contributed by atoms with Crippen molar-refractivity contribution in [2.75, 3.05) is 0 Å². The van der Waals surface area contributed by atoms with Gasteiger partial charge in [0, 0.05) is 6.20 Å². The molecule has 0 atom stereocenters. The Labute approximate surface area is 69.5 Å². The van der Waals surface area contributed by atoms with Crippen molar-refractivity contribution in [1.29, 1.82) is 0 Å². The summed E-state index contributed by atoms with van der Waals surface area (Å²) >= 11 is 3.96. The van der Waals surface area contributed by atoms with Crippen LogP contribution < -0.4 is 0 Å². The molecule has 0 unspecified atom stereocenters. The normalized spacial score (nSPS) is 8.11. The van der Waals surface area contributed by atoms with Crippen LogP contribution in [0.4, 0.5) is 0 Å². The largest absolute Gasteiger partial charge is 0.249 e. The Balaban J connectivity index is 0.000000640. The van der Waals surface area contributed by atoms with Crippen molar-refractivity contribution in [1.82, 2.24) is 4.98 Å². The maximum Gasteiger partial charge on any atom is 0.106 e. The van der Waals surface area contributed by atoms with Gasteiger partial charge in [0.05, 0.1) is 0 Å². The summed E-state index contributed by atoms with van der Waals surface area (Å²) in [7, 11) is 1.35. The Hall–Kier alpha value is 0.140. The topological polar surface area (TPSA) is 12.9 Å². The lowest BCUT2D eigenvalue weighted by Gasteiger charge is -1.87. The number of thiol groups is 1. The first-order chi connectivity index (χ1) is 3.93. The Bertz CT molecular complexity index is 156.